The normalized spacial score (nSPS) is 11.8. The number of nitrogens with zero attached hydrogens (tertiary/aromatic N) is 3. The number of hydrogen-bond acceptors (Lipinski definition) is 4. The molecule has 0 aliphatic heterocycles. The Kier molecular flexibility index (Phi) is 8.05. The topological polar surface area (TPSA) is 71.8 Å². The van der Waals surface area contributed by atoms with Crippen LogP contribution in [0.2, 0.25) is 5.02 Å². The van der Waals surface area contributed by atoms with Gasteiger partial charge in [0.2, 0.25) is 0 Å². The minimum Gasteiger partial charge on any atom is -0.334 e. The van der Waals surface area contributed by atoms with Crippen molar-refractivity contribution in [3.8, 4) is 5.69 Å². The highest BCUT2D eigenvalue weighted by Crippen LogP contribution is 2.30. The molecule has 0 saturated carbocycles. The Bertz CT molecular complexity index is 1300. The third-order valence-electron chi connectivity index (χ3n) is 5.38. The fraction of sp³-hybridized carbons (Fsp3) is 0.192. The van der Waals surface area contributed by atoms with Crippen molar-refractivity contribution in [1.29, 1.82) is 0 Å². The van der Waals surface area contributed by atoms with Crippen molar-refractivity contribution in [2.45, 2.75) is 37.3 Å². The Balaban J connectivity index is 1.56. The van der Waals surface area contributed by atoms with Gasteiger partial charge >= 0.3 is 6.03 Å². The summed E-state index contributed by atoms with van der Waals surface area (Å²) in [7, 11) is 0. The van der Waals surface area contributed by atoms with Crippen molar-refractivity contribution in [1.82, 2.24) is 25.4 Å². The summed E-state index contributed by atoms with van der Waals surface area (Å²) in [6.07, 6.45) is 0. The Hall–Kier alpha value is -3.36. The van der Waals surface area contributed by atoms with Crippen LogP contribution in [0.4, 0.5) is 9.18 Å². The first-order chi connectivity index (χ1) is 16.9. The number of carbonyl (C=O) groups excluding carboxylic acids is 1. The summed E-state index contributed by atoms with van der Waals surface area (Å²) >= 11 is 7.79. The van der Waals surface area contributed by atoms with Crippen LogP contribution < -0.4 is 10.6 Å². The number of hydrogen-bond donors (Lipinski definition) is 2. The maximum Gasteiger partial charge on any atom is 0.315 e. The van der Waals surface area contributed by atoms with Gasteiger partial charge in [0.15, 0.2) is 11.0 Å². The maximum atomic E-state index is 13.3. The zero-order valence-corrected chi connectivity index (χ0v) is 20.9. The fourth-order valence-corrected chi connectivity index (χ4v) is 4.60. The lowest BCUT2D eigenvalue weighted by molar-refractivity contribution is 0.237. The van der Waals surface area contributed by atoms with Gasteiger partial charge in [-0.3, -0.25) is 4.57 Å². The second-order valence-corrected chi connectivity index (χ2v) is 9.44. The largest absolute Gasteiger partial charge is 0.334 e. The molecule has 4 aromatic rings. The predicted molar refractivity (Wildman–Crippen MR) is 137 cm³/mol. The van der Waals surface area contributed by atoms with Gasteiger partial charge in [-0.2, -0.15) is 0 Å². The van der Waals surface area contributed by atoms with Crippen molar-refractivity contribution in [2.75, 3.05) is 0 Å². The second kappa shape index (κ2) is 11.4. The Morgan fingerprint density at radius 1 is 1.06 bits per heavy atom. The first kappa shape index (κ1) is 24.8. The van der Waals surface area contributed by atoms with Gasteiger partial charge in [0, 0.05) is 17.3 Å². The first-order valence-corrected chi connectivity index (χ1v) is 12.4. The van der Waals surface area contributed by atoms with Crippen LogP contribution in [-0.2, 0) is 12.3 Å². The van der Waals surface area contributed by atoms with E-state index in [2.05, 4.69) is 20.8 Å². The van der Waals surface area contributed by atoms with Crippen LogP contribution in [0.25, 0.3) is 5.69 Å². The summed E-state index contributed by atoms with van der Waals surface area (Å²) in [5.41, 5.74) is 3.78. The summed E-state index contributed by atoms with van der Waals surface area (Å²) in [6, 6.07) is 20.9. The molecule has 180 valence electrons. The molecule has 0 spiro atoms. The van der Waals surface area contributed by atoms with Crippen molar-refractivity contribution in [3.63, 3.8) is 0 Å². The van der Waals surface area contributed by atoms with Gasteiger partial charge in [-0.1, -0.05) is 71.9 Å². The smallest absolute Gasteiger partial charge is 0.315 e. The van der Waals surface area contributed by atoms with Crippen molar-refractivity contribution in [3.05, 3.63) is 106 Å². The van der Waals surface area contributed by atoms with E-state index in [0.717, 1.165) is 22.4 Å². The molecule has 2 amide bonds. The van der Waals surface area contributed by atoms with E-state index in [1.54, 1.807) is 12.1 Å². The maximum absolute atomic E-state index is 13.3. The number of carbonyl (C=O) groups is 1. The highest BCUT2D eigenvalue weighted by atomic mass is 35.5. The monoisotopic (exact) mass is 509 g/mol. The highest BCUT2D eigenvalue weighted by Gasteiger charge is 2.22. The van der Waals surface area contributed by atoms with Gasteiger partial charge in [-0.05, 0) is 54.8 Å². The molecule has 0 saturated heterocycles. The van der Waals surface area contributed by atoms with Gasteiger partial charge < -0.3 is 10.6 Å². The summed E-state index contributed by atoms with van der Waals surface area (Å²) in [5.74, 6) is 0.883. The van der Waals surface area contributed by atoms with Crippen LogP contribution in [-0.4, -0.2) is 20.8 Å². The van der Waals surface area contributed by atoms with Gasteiger partial charge in [-0.25, -0.2) is 9.18 Å². The van der Waals surface area contributed by atoms with Crippen molar-refractivity contribution >= 4 is 29.4 Å². The molecule has 0 radical (unpaired) electrons. The number of aromatic nitrogens is 3. The number of amides is 2. The second-order valence-electron chi connectivity index (χ2n) is 8.06. The van der Waals surface area contributed by atoms with Crippen LogP contribution in [0.5, 0.6) is 0 Å². The van der Waals surface area contributed by atoms with E-state index in [9.17, 15) is 9.18 Å². The number of nitrogens with one attached hydrogen (secondary N) is 2. The predicted octanol–water partition coefficient (Wildman–Crippen LogP) is 6.22. The highest BCUT2D eigenvalue weighted by molar-refractivity contribution is 7.98. The Morgan fingerprint density at radius 2 is 1.80 bits per heavy atom. The van der Waals surface area contributed by atoms with Crippen molar-refractivity contribution in [2.24, 2.45) is 0 Å². The number of urea groups is 1. The van der Waals surface area contributed by atoms with Crippen LogP contribution in [0.3, 0.4) is 0 Å². The molecule has 2 N–H and O–H groups in total. The Labute approximate surface area is 212 Å². The van der Waals surface area contributed by atoms with Gasteiger partial charge in [0.05, 0.1) is 11.7 Å². The molecule has 1 aromatic heterocycles. The first-order valence-electron chi connectivity index (χ1n) is 11.1. The molecule has 0 fully saturated rings. The summed E-state index contributed by atoms with van der Waals surface area (Å²) in [4.78, 5) is 12.6. The van der Waals surface area contributed by atoms with Crippen LogP contribution in [0, 0.1) is 12.7 Å². The van der Waals surface area contributed by atoms with Gasteiger partial charge in [-0.15, -0.1) is 10.2 Å². The van der Waals surface area contributed by atoms with E-state index in [1.807, 2.05) is 66.9 Å². The van der Waals surface area contributed by atoms with E-state index in [0.29, 0.717) is 28.3 Å². The molecule has 9 heteroatoms. The molecule has 0 aliphatic carbocycles. The van der Waals surface area contributed by atoms with E-state index < -0.39 is 6.04 Å². The number of thioether (sulfide) groups is 1. The molecular formula is C26H25ClFN5OS. The average molecular weight is 510 g/mol. The summed E-state index contributed by atoms with van der Waals surface area (Å²) < 4.78 is 15.2. The molecule has 1 unspecified atom stereocenters. The van der Waals surface area contributed by atoms with Crippen LogP contribution in [0.1, 0.15) is 35.5 Å². The lowest BCUT2D eigenvalue weighted by Crippen LogP contribution is -2.37. The molecule has 35 heavy (non-hydrogen) atoms. The van der Waals surface area contributed by atoms with E-state index in [-0.39, 0.29) is 11.8 Å². The lowest BCUT2D eigenvalue weighted by atomic mass is 10.2. The number of aryl methyl sites for hydroxylation is 1. The zero-order chi connectivity index (χ0) is 24.8. The zero-order valence-electron chi connectivity index (χ0n) is 19.3. The molecule has 3 aromatic carbocycles. The van der Waals surface area contributed by atoms with Crippen molar-refractivity contribution < 1.29 is 9.18 Å². The van der Waals surface area contributed by atoms with Gasteiger partial charge in [0.25, 0.3) is 0 Å². The number of halogens is 2. The number of rotatable bonds is 8. The standard InChI is InChI=1S/C26H25ClFN5OS/c1-17-8-11-21(27)14-23(17)33-24(18(2)30-25(34)29-15-19-6-4-3-5-7-19)31-32-26(33)35-16-20-9-12-22(28)13-10-20/h3-14,18H,15-16H2,1-2H3,(H2,29,30,34). The molecule has 6 nitrogen and oxygen atoms in total. The molecule has 0 aliphatic rings. The quantitative estimate of drug-likeness (QED) is 0.276. The Morgan fingerprint density at radius 3 is 2.54 bits per heavy atom. The molecule has 1 atom stereocenters. The van der Waals surface area contributed by atoms with E-state index in [4.69, 9.17) is 11.6 Å². The third kappa shape index (κ3) is 6.41. The van der Waals surface area contributed by atoms with E-state index >= 15 is 0 Å². The van der Waals surface area contributed by atoms with Gasteiger partial charge in [0.1, 0.15) is 5.82 Å². The summed E-state index contributed by atoms with van der Waals surface area (Å²) in [5, 5.41) is 15.9. The van der Waals surface area contributed by atoms with Crippen LogP contribution in [0.15, 0.2) is 78.0 Å². The lowest BCUT2D eigenvalue weighted by Gasteiger charge is -2.18. The minimum atomic E-state index is -0.433. The molecule has 1 heterocycles. The molecular weight excluding hydrogens is 485 g/mol. The molecule has 4 rings (SSSR count). The SMILES string of the molecule is Cc1ccc(Cl)cc1-n1c(SCc2ccc(F)cc2)nnc1C(C)NC(=O)NCc1ccccc1. The average Bonchev–Trinajstić information content (AvgIpc) is 3.28. The van der Waals surface area contributed by atoms with E-state index in [1.165, 1.54) is 23.9 Å². The number of benzene rings is 3. The fourth-order valence-electron chi connectivity index (χ4n) is 3.52. The summed E-state index contributed by atoms with van der Waals surface area (Å²) in [6.45, 7) is 4.25. The third-order valence-corrected chi connectivity index (χ3v) is 6.62. The van der Waals surface area contributed by atoms with Crippen LogP contribution >= 0.6 is 23.4 Å². The minimum absolute atomic E-state index is 0.274. The molecule has 0 bridgehead atoms.